The lowest BCUT2D eigenvalue weighted by molar-refractivity contribution is -0.121. The van der Waals surface area contributed by atoms with Crippen LogP contribution in [0.1, 0.15) is 46.0 Å². The van der Waals surface area contributed by atoms with Gasteiger partial charge in [-0.05, 0) is 18.8 Å². The summed E-state index contributed by atoms with van der Waals surface area (Å²) in [5, 5.41) is 11.4. The monoisotopic (exact) mass is 201 g/mol. The molecule has 3 nitrogen and oxygen atoms in total. The van der Waals surface area contributed by atoms with Crippen LogP contribution in [0.4, 0.5) is 0 Å². The van der Waals surface area contributed by atoms with Gasteiger partial charge in [0.15, 0.2) is 0 Å². The summed E-state index contributed by atoms with van der Waals surface area (Å²) in [6.07, 6.45) is 4.65. The number of carbonyl (C=O) groups excluding carboxylic acids is 1. The van der Waals surface area contributed by atoms with E-state index in [9.17, 15) is 4.79 Å². The Morgan fingerprint density at radius 3 is 2.43 bits per heavy atom. The van der Waals surface area contributed by atoms with Crippen LogP contribution in [0.2, 0.25) is 0 Å². The predicted molar refractivity (Wildman–Crippen MR) is 58.0 cm³/mol. The second kappa shape index (κ2) is 9.00. The van der Waals surface area contributed by atoms with E-state index in [0.717, 1.165) is 32.2 Å². The lowest BCUT2D eigenvalue weighted by Gasteiger charge is -2.06. The SMILES string of the molecule is CC(C)CC(=O)NCCCCCCO. The number of rotatable bonds is 8. The first-order valence-electron chi connectivity index (χ1n) is 5.54. The second-order valence-corrected chi connectivity index (χ2v) is 4.09. The number of aliphatic hydroxyl groups is 1. The molecule has 0 aromatic rings. The lowest BCUT2D eigenvalue weighted by atomic mass is 10.1. The van der Waals surface area contributed by atoms with E-state index in [1.165, 1.54) is 0 Å². The van der Waals surface area contributed by atoms with Gasteiger partial charge in [-0.25, -0.2) is 0 Å². The minimum Gasteiger partial charge on any atom is -0.396 e. The molecule has 3 heteroatoms. The average molecular weight is 201 g/mol. The maximum Gasteiger partial charge on any atom is 0.220 e. The quantitative estimate of drug-likeness (QED) is 0.587. The molecule has 0 spiro atoms. The molecule has 0 aliphatic carbocycles. The van der Waals surface area contributed by atoms with E-state index in [0.29, 0.717) is 12.3 Å². The van der Waals surface area contributed by atoms with Crippen LogP contribution in [0.15, 0.2) is 0 Å². The number of amides is 1. The normalized spacial score (nSPS) is 10.6. The molecule has 0 atom stereocenters. The predicted octanol–water partition coefficient (Wildman–Crippen LogP) is 1.70. The third-order valence-electron chi connectivity index (χ3n) is 2.00. The van der Waals surface area contributed by atoms with Crippen LogP contribution in [-0.2, 0) is 4.79 Å². The first-order chi connectivity index (χ1) is 6.66. The van der Waals surface area contributed by atoms with E-state index in [1.54, 1.807) is 0 Å². The lowest BCUT2D eigenvalue weighted by Crippen LogP contribution is -2.25. The van der Waals surface area contributed by atoms with Crippen LogP contribution in [0.3, 0.4) is 0 Å². The summed E-state index contributed by atoms with van der Waals surface area (Å²) >= 11 is 0. The molecule has 0 saturated carbocycles. The highest BCUT2D eigenvalue weighted by atomic mass is 16.2. The summed E-state index contributed by atoms with van der Waals surface area (Å²) in [4.78, 5) is 11.2. The molecule has 0 radical (unpaired) electrons. The Morgan fingerprint density at radius 2 is 1.86 bits per heavy atom. The van der Waals surface area contributed by atoms with Crippen molar-refractivity contribution in [2.24, 2.45) is 5.92 Å². The molecule has 14 heavy (non-hydrogen) atoms. The van der Waals surface area contributed by atoms with Crippen molar-refractivity contribution in [1.29, 1.82) is 0 Å². The van der Waals surface area contributed by atoms with Crippen LogP contribution in [0.25, 0.3) is 0 Å². The van der Waals surface area contributed by atoms with E-state index in [1.807, 2.05) is 13.8 Å². The highest BCUT2D eigenvalue weighted by Crippen LogP contribution is 2.00. The summed E-state index contributed by atoms with van der Waals surface area (Å²) < 4.78 is 0. The number of unbranched alkanes of at least 4 members (excludes halogenated alkanes) is 3. The van der Waals surface area contributed by atoms with E-state index >= 15 is 0 Å². The molecule has 0 aromatic carbocycles. The first kappa shape index (κ1) is 13.4. The molecule has 0 aliphatic heterocycles. The van der Waals surface area contributed by atoms with Crippen LogP contribution < -0.4 is 5.32 Å². The van der Waals surface area contributed by atoms with Gasteiger partial charge >= 0.3 is 0 Å². The smallest absolute Gasteiger partial charge is 0.220 e. The molecule has 0 aliphatic rings. The average Bonchev–Trinajstić information content (AvgIpc) is 2.10. The van der Waals surface area contributed by atoms with Gasteiger partial charge in [0.05, 0.1) is 0 Å². The number of hydrogen-bond acceptors (Lipinski definition) is 2. The number of nitrogens with one attached hydrogen (secondary N) is 1. The van der Waals surface area contributed by atoms with Crippen molar-refractivity contribution < 1.29 is 9.90 Å². The zero-order valence-electron chi connectivity index (χ0n) is 9.38. The van der Waals surface area contributed by atoms with Gasteiger partial charge in [0, 0.05) is 19.6 Å². The van der Waals surface area contributed by atoms with E-state index in [2.05, 4.69) is 5.32 Å². The van der Waals surface area contributed by atoms with Gasteiger partial charge in [0.1, 0.15) is 0 Å². The molecule has 0 aromatic heterocycles. The fourth-order valence-electron chi connectivity index (χ4n) is 1.26. The minimum atomic E-state index is 0.155. The zero-order valence-corrected chi connectivity index (χ0v) is 9.38. The summed E-state index contributed by atoms with van der Waals surface area (Å²) in [6, 6.07) is 0. The minimum absolute atomic E-state index is 0.155. The molecular formula is C11H23NO2. The van der Waals surface area contributed by atoms with Gasteiger partial charge in [0.25, 0.3) is 0 Å². The van der Waals surface area contributed by atoms with E-state index < -0.39 is 0 Å². The molecule has 84 valence electrons. The van der Waals surface area contributed by atoms with Crippen LogP contribution in [0.5, 0.6) is 0 Å². The van der Waals surface area contributed by atoms with Crippen LogP contribution >= 0.6 is 0 Å². The molecule has 0 bridgehead atoms. The van der Waals surface area contributed by atoms with Gasteiger partial charge in [-0.3, -0.25) is 4.79 Å². The van der Waals surface area contributed by atoms with Crippen LogP contribution in [-0.4, -0.2) is 24.2 Å². The number of aliphatic hydroxyl groups excluding tert-OH is 1. The molecule has 0 fully saturated rings. The van der Waals surface area contributed by atoms with Crippen molar-refractivity contribution in [2.75, 3.05) is 13.2 Å². The maximum absolute atomic E-state index is 11.2. The van der Waals surface area contributed by atoms with Gasteiger partial charge in [-0.2, -0.15) is 0 Å². The molecule has 0 saturated heterocycles. The highest BCUT2D eigenvalue weighted by molar-refractivity contribution is 5.75. The van der Waals surface area contributed by atoms with Gasteiger partial charge in [-0.15, -0.1) is 0 Å². The Hall–Kier alpha value is -0.570. The molecule has 0 unspecified atom stereocenters. The van der Waals surface area contributed by atoms with Gasteiger partial charge in [0.2, 0.25) is 5.91 Å². The molecule has 1 amide bonds. The Morgan fingerprint density at radius 1 is 1.21 bits per heavy atom. The Kier molecular flexibility index (Phi) is 8.64. The molecule has 0 heterocycles. The van der Waals surface area contributed by atoms with Gasteiger partial charge in [-0.1, -0.05) is 26.7 Å². The van der Waals surface area contributed by atoms with E-state index in [4.69, 9.17) is 5.11 Å². The Labute approximate surface area is 86.9 Å². The fraction of sp³-hybridized carbons (Fsp3) is 0.909. The number of hydrogen-bond donors (Lipinski definition) is 2. The fourth-order valence-corrected chi connectivity index (χ4v) is 1.26. The van der Waals surface area contributed by atoms with Crippen molar-refractivity contribution in [1.82, 2.24) is 5.32 Å². The molecular weight excluding hydrogens is 178 g/mol. The third-order valence-corrected chi connectivity index (χ3v) is 2.00. The van der Waals surface area contributed by atoms with Crippen molar-refractivity contribution in [3.63, 3.8) is 0 Å². The topological polar surface area (TPSA) is 49.3 Å². The van der Waals surface area contributed by atoms with Crippen molar-refractivity contribution in [3.8, 4) is 0 Å². The first-order valence-corrected chi connectivity index (χ1v) is 5.54. The summed E-state index contributed by atoms with van der Waals surface area (Å²) in [5.41, 5.74) is 0. The summed E-state index contributed by atoms with van der Waals surface area (Å²) in [7, 11) is 0. The summed E-state index contributed by atoms with van der Waals surface area (Å²) in [6.45, 7) is 5.14. The Bertz CT molecular complexity index is 146. The zero-order chi connectivity index (χ0) is 10.8. The van der Waals surface area contributed by atoms with Crippen molar-refractivity contribution in [2.45, 2.75) is 46.0 Å². The van der Waals surface area contributed by atoms with Crippen molar-refractivity contribution in [3.05, 3.63) is 0 Å². The van der Waals surface area contributed by atoms with Crippen molar-refractivity contribution >= 4 is 5.91 Å². The molecule has 0 rings (SSSR count). The van der Waals surface area contributed by atoms with E-state index in [-0.39, 0.29) is 12.5 Å². The maximum atomic E-state index is 11.2. The Balaban J connectivity index is 3.15. The standard InChI is InChI=1S/C11H23NO2/c1-10(2)9-11(14)12-7-5-3-4-6-8-13/h10,13H,3-9H2,1-2H3,(H,12,14). The van der Waals surface area contributed by atoms with Crippen LogP contribution in [0, 0.1) is 5.92 Å². The van der Waals surface area contributed by atoms with Gasteiger partial charge < -0.3 is 10.4 Å². The second-order valence-electron chi connectivity index (χ2n) is 4.09. The number of carbonyl (C=O) groups is 1. The summed E-state index contributed by atoms with van der Waals surface area (Å²) in [5.74, 6) is 0.589. The largest absolute Gasteiger partial charge is 0.396 e. The third kappa shape index (κ3) is 9.52. The highest BCUT2D eigenvalue weighted by Gasteiger charge is 2.02. The molecule has 2 N–H and O–H groups in total.